The molecule has 0 rings (SSSR count). The lowest BCUT2D eigenvalue weighted by Gasteiger charge is -2.40. The summed E-state index contributed by atoms with van der Waals surface area (Å²) in [7, 11) is -1.05. The van der Waals surface area contributed by atoms with Crippen LogP contribution in [0.25, 0.3) is 0 Å². The highest BCUT2D eigenvalue weighted by molar-refractivity contribution is 7.80. The van der Waals surface area contributed by atoms with Crippen molar-refractivity contribution in [2.45, 2.75) is 98.8 Å². The van der Waals surface area contributed by atoms with Crippen molar-refractivity contribution in [3.05, 3.63) is 0 Å². The molecule has 0 aliphatic rings. The van der Waals surface area contributed by atoms with Gasteiger partial charge >= 0.3 is 0 Å². The van der Waals surface area contributed by atoms with Gasteiger partial charge in [0.2, 0.25) is 10.4 Å². The van der Waals surface area contributed by atoms with Crippen LogP contribution in [0.1, 0.15) is 98.8 Å². The van der Waals surface area contributed by atoms with Crippen LogP contribution in [0.2, 0.25) is 0 Å². The lowest BCUT2D eigenvalue weighted by Crippen LogP contribution is -2.50. The van der Waals surface area contributed by atoms with Crippen LogP contribution in [0, 0.1) is 11.8 Å². The maximum absolute atomic E-state index is 9.22. The van der Waals surface area contributed by atoms with Gasteiger partial charge in [0, 0.05) is 11.8 Å². The van der Waals surface area contributed by atoms with E-state index in [1.807, 2.05) is 0 Å². The zero-order valence-corrected chi connectivity index (χ0v) is 20.7. The van der Waals surface area contributed by atoms with Gasteiger partial charge in [0.15, 0.2) is 0 Å². The maximum Gasteiger partial charge on any atom is 0.217 e. The van der Waals surface area contributed by atoms with Gasteiger partial charge in [0.05, 0.1) is 33.8 Å². The standard InChI is InChI=1S/C21H46N.CH4O4S/c1-7-12-15-20(10-4)18-22(6,17-14-9-3)19-21(11-5)16-13-8-2;1-5-6(2,3)4/h20-21H,7-19H2,1-6H3;1H3,(H,2,3,4)/q+1;/p-1. The van der Waals surface area contributed by atoms with Crippen molar-refractivity contribution in [2.24, 2.45) is 11.8 Å². The average Bonchev–Trinajstić information content (AvgIpc) is 2.66. The third-order valence-electron chi connectivity index (χ3n) is 5.74. The summed E-state index contributed by atoms with van der Waals surface area (Å²) < 4.78 is 32.4. The van der Waals surface area contributed by atoms with Gasteiger partial charge in [-0.3, -0.25) is 4.18 Å². The number of hydrogen-bond donors (Lipinski definition) is 0. The van der Waals surface area contributed by atoms with E-state index in [1.54, 1.807) is 0 Å². The average molecular weight is 424 g/mol. The van der Waals surface area contributed by atoms with Crippen LogP contribution >= 0.6 is 0 Å². The van der Waals surface area contributed by atoms with E-state index in [9.17, 15) is 13.0 Å². The Bertz CT molecular complexity index is 422. The minimum atomic E-state index is -4.41. The molecule has 0 radical (unpaired) electrons. The van der Waals surface area contributed by atoms with Gasteiger partial charge in [0.25, 0.3) is 0 Å². The Kier molecular flexibility index (Phi) is 18.9. The summed E-state index contributed by atoms with van der Waals surface area (Å²) in [5.74, 6) is 1.87. The molecular formula is C22H49NO4S. The molecule has 0 aliphatic carbocycles. The molecule has 0 saturated heterocycles. The maximum atomic E-state index is 9.22. The second-order valence-corrected chi connectivity index (χ2v) is 9.62. The Morgan fingerprint density at radius 1 is 0.821 bits per heavy atom. The second kappa shape index (κ2) is 17.7. The topological polar surface area (TPSA) is 66.4 Å². The summed E-state index contributed by atoms with van der Waals surface area (Å²) in [4.78, 5) is 0. The highest BCUT2D eigenvalue weighted by Gasteiger charge is 2.28. The van der Waals surface area contributed by atoms with Gasteiger partial charge in [-0.25, -0.2) is 8.42 Å². The van der Waals surface area contributed by atoms with Gasteiger partial charge in [0.1, 0.15) is 0 Å². The molecular weight excluding hydrogens is 374 g/mol. The Morgan fingerprint density at radius 2 is 1.18 bits per heavy atom. The zero-order valence-electron chi connectivity index (χ0n) is 19.8. The van der Waals surface area contributed by atoms with Crippen LogP contribution in [-0.2, 0) is 14.6 Å². The molecule has 5 nitrogen and oxygen atoms in total. The predicted molar refractivity (Wildman–Crippen MR) is 119 cm³/mol. The number of unbranched alkanes of at least 4 members (excludes halogenated alkanes) is 3. The Balaban J connectivity index is 0. The van der Waals surface area contributed by atoms with E-state index in [0.29, 0.717) is 0 Å². The van der Waals surface area contributed by atoms with Crippen molar-refractivity contribution < 1.29 is 21.6 Å². The zero-order chi connectivity index (χ0) is 22.1. The molecule has 0 spiro atoms. The van der Waals surface area contributed by atoms with Crippen LogP contribution < -0.4 is 0 Å². The molecule has 0 heterocycles. The molecule has 0 aromatic rings. The van der Waals surface area contributed by atoms with Crippen LogP contribution in [-0.4, -0.2) is 51.2 Å². The van der Waals surface area contributed by atoms with Crippen molar-refractivity contribution in [3.8, 4) is 0 Å². The quantitative estimate of drug-likeness (QED) is 0.180. The molecule has 0 saturated carbocycles. The third-order valence-corrected chi connectivity index (χ3v) is 6.15. The van der Waals surface area contributed by atoms with Gasteiger partial charge in [-0.1, -0.05) is 66.7 Å². The molecule has 6 heteroatoms. The largest absolute Gasteiger partial charge is 0.726 e. The Hall–Kier alpha value is -0.170. The number of hydrogen-bond acceptors (Lipinski definition) is 4. The fraction of sp³-hybridized carbons (Fsp3) is 1.00. The van der Waals surface area contributed by atoms with Gasteiger partial charge in [-0.2, -0.15) is 0 Å². The van der Waals surface area contributed by atoms with Crippen LogP contribution in [0.3, 0.4) is 0 Å². The second-order valence-electron chi connectivity index (χ2n) is 8.47. The molecule has 0 aromatic heterocycles. The fourth-order valence-corrected chi connectivity index (χ4v) is 3.88. The van der Waals surface area contributed by atoms with E-state index >= 15 is 0 Å². The van der Waals surface area contributed by atoms with Crippen LogP contribution in [0.5, 0.6) is 0 Å². The summed E-state index contributed by atoms with van der Waals surface area (Å²) in [6, 6.07) is 0. The summed E-state index contributed by atoms with van der Waals surface area (Å²) in [5.41, 5.74) is 0. The first-order valence-electron chi connectivity index (χ1n) is 11.5. The van der Waals surface area contributed by atoms with E-state index < -0.39 is 10.4 Å². The molecule has 0 aromatic carbocycles. The van der Waals surface area contributed by atoms with E-state index in [4.69, 9.17) is 0 Å². The molecule has 0 amide bonds. The van der Waals surface area contributed by atoms with Gasteiger partial charge in [-0.05, 0) is 32.1 Å². The van der Waals surface area contributed by atoms with Crippen molar-refractivity contribution in [3.63, 3.8) is 0 Å². The normalized spacial score (nSPS) is 16.0. The summed E-state index contributed by atoms with van der Waals surface area (Å²) in [6.07, 6.45) is 13.9. The highest BCUT2D eigenvalue weighted by Crippen LogP contribution is 2.23. The smallest absolute Gasteiger partial charge is 0.217 e. The van der Waals surface area contributed by atoms with Crippen LogP contribution in [0.15, 0.2) is 0 Å². The SMILES string of the molecule is CCCCC(CC)C[N+](C)(CCCC)CC(CC)CCCC.COS(=O)(=O)[O-]. The van der Waals surface area contributed by atoms with Gasteiger partial charge in [-0.15, -0.1) is 0 Å². The summed E-state index contributed by atoms with van der Waals surface area (Å²) >= 11 is 0. The lowest BCUT2D eigenvalue weighted by molar-refractivity contribution is -0.916. The molecule has 0 fully saturated rings. The van der Waals surface area contributed by atoms with Crippen molar-refractivity contribution in [1.82, 2.24) is 0 Å². The monoisotopic (exact) mass is 423 g/mol. The fourth-order valence-electron chi connectivity index (χ4n) is 3.88. The predicted octanol–water partition coefficient (Wildman–Crippen LogP) is 5.76. The molecule has 0 N–H and O–H groups in total. The molecule has 0 bridgehead atoms. The van der Waals surface area contributed by atoms with E-state index in [-0.39, 0.29) is 0 Å². The molecule has 2 atom stereocenters. The first-order chi connectivity index (χ1) is 13.1. The third kappa shape index (κ3) is 17.9. The number of rotatable bonds is 16. The molecule has 2 unspecified atom stereocenters. The van der Waals surface area contributed by atoms with Crippen molar-refractivity contribution in [1.29, 1.82) is 0 Å². The highest BCUT2D eigenvalue weighted by atomic mass is 32.3. The van der Waals surface area contributed by atoms with Crippen molar-refractivity contribution >= 4 is 10.4 Å². The molecule has 172 valence electrons. The summed E-state index contributed by atoms with van der Waals surface area (Å²) in [6.45, 7) is 16.0. The first kappa shape index (κ1) is 30.0. The molecule has 28 heavy (non-hydrogen) atoms. The van der Waals surface area contributed by atoms with Gasteiger partial charge < -0.3 is 9.04 Å². The first-order valence-corrected chi connectivity index (χ1v) is 12.8. The Morgan fingerprint density at radius 3 is 1.43 bits per heavy atom. The van der Waals surface area contributed by atoms with E-state index in [0.717, 1.165) is 18.9 Å². The van der Waals surface area contributed by atoms with E-state index in [2.05, 4.69) is 45.8 Å². The van der Waals surface area contributed by atoms with Crippen LogP contribution in [0.4, 0.5) is 0 Å². The number of nitrogens with zero attached hydrogens (tertiary/aromatic N) is 1. The lowest BCUT2D eigenvalue weighted by atomic mass is 9.94. The van der Waals surface area contributed by atoms with Crippen molar-refractivity contribution in [2.75, 3.05) is 33.8 Å². The Labute approximate surface area is 176 Å². The van der Waals surface area contributed by atoms with E-state index in [1.165, 1.54) is 88.3 Å². The number of quaternary nitrogens is 1. The summed E-state index contributed by atoms with van der Waals surface area (Å²) in [5, 5.41) is 0. The minimum absolute atomic E-state index is 0.808. The minimum Gasteiger partial charge on any atom is -0.726 e. The molecule has 0 aliphatic heterocycles.